The van der Waals surface area contributed by atoms with Crippen molar-refractivity contribution < 1.29 is 19.4 Å². The third-order valence-electron chi connectivity index (χ3n) is 4.52. The van der Waals surface area contributed by atoms with Gasteiger partial charge in [-0.05, 0) is 50.0 Å². The van der Waals surface area contributed by atoms with Crippen molar-refractivity contribution in [3.63, 3.8) is 0 Å². The molecule has 1 amide bonds. The Morgan fingerprint density at radius 3 is 2.46 bits per heavy atom. The maximum absolute atomic E-state index is 12.1. The first kappa shape index (κ1) is 18.3. The lowest BCUT2D eigenvalue weighted by molar-refractivity contribution is -0.148. The molecule has 0 aliphatic carbocycles. The minimum Gasteiger partial charge on any atom is -0.479 e. The third kappa shape index (κ3) is 5.87. The van der Waals surface area contributed by atoms with E-state index in [9.17, 15) is 14.7 Å². The number of carbonyl (C=O) groups excluding carboxylic acids is 1. The molecule has 5 nitrogen and oxygen atoms in total. The van der Waals surface area contributed by atoms with Gasteiger partial charge in [-0.2, -0.15) is 0 Å². The lowest BCUT2D eigenvalue weighted by Crippen LogP contribution is -2.40. The molecule has 2 rings (SSSR count). The van der Waals surface area contributed by atoms with E-state index in [4.69, 9.17) is 4.74 Å². The van der Waals surface area contributed by atoms with Crippen LogP contribution in [0.4, 0.5) is 4.79 Å². The average molecular weight is 333 g/mol. The van der Waals surface area contributed by atoms with Gasteiger partial charge in [0.1, 0.15) is 0 Å². The highest BCUT2D eigenvalue weighted by Gasteiger charge is 2.27. The molecule has 1 saturated heterocycles. The quantitative estimate of drug-likeness (QED) is 0.826. The molecular formula is C19H27NO4. The molecule has 1 aliphatic rings. The Bertz CT molecular complexity index is 525. The second-order valence-corrected chi connectivity index (χ2v) is 6.62. The number of aliphatic carboxylic acids is 1. The van der Waals surface area contributed by atoms with Gasteiger partial charge in [-0.15, -0.1) is 0 Å². The van der Waals surface area contributed by atoms with Gasteiger partial charge in [0.05, 0.1) is 0 Å². The summed E-state index contributed by atoms with van der Waals surface area (Å²) in [4.78, 5) is 25.2. The Morgan fingerprint density at radius 1 is 1.17 bits per heavy atom. The number of carboxylic acids is 1. The average Bonchev–Trinajstić information content (AvgIpc) is 2.61. The van der Waals surface area contributed by atoms with Crippen LogP contribution in [0.3, 0.4) is 0 Å². The Balaban J connectivity index is 1.81. The highest BCUT2D eigenvalue weighted by molar-refractivity contribution is 5.77. The van der Waals surface area contributed by atoms with Gasteiger partial charge < -0.3 is 14.7 Å². The zero-order valence-corrected chi connectivity index (χ0v) is 14.3. The van der Waals surface area contributed by atoms with Crippen molar-refractivity contribution in [2.45, 2.75) is 51.6 Å². The molecule has 1 unspecified atom stereocenters. The van der Waals surface area contributed by atoms with Crippen LogP contribution in [0.2, 0.25) is 0 Å². The van der Waals surface area contributed by atoms with E-state index in [2.05, 4.69) is 12.1 Å². The van der Waals surface area contributed by atoms with Gasteiger partial charge in [0.25, 0.3) is 0 Å². The number of hydrogen-bond acceptors (Lipinski definition) is 3. The van der Waals surface area contributed by atoms with E-state index in [1.54, 1.807) is 4.90 Å². The predicted molar refractivity (Wildman–Crippen MR) is 91.9 cm³/mol. The SMILES string of the molecule is CC(CCc1ccccc1)C[C@H](OC(=O)N1CCCCC1)C(=O)O. The molecule has 1 aromatic carbocycles. The van der Waals surface area contributed by atoms with E-state index in [0.717, 1.165) is 32.1 Å². The van der Waals surface area contributed by atoms with Gasteiger partial charge in [0, 0.05) is 13.1 Å². The maximum atomic E-state index is 12.1. The van der Waals surface area contributed by atoms with Crippen LogP contribution in [0.1, 0.15) is 44.6 Å². The molecule has 132 valence electrons. The Morgan fingerprint density at radius 2 is 1.83 bits per heavy atom. The summed E-state index contributed by atoms with van der Waals surface area (Å²) in [5, 5.41) is 9.36. The van der Waals surface area contributed by atoms with Gasteiger partial charge in [0.15, 0.2) is 0 Å². The molecular weight excluding hydrogens is 306 g/mol. The van der Waals surface area contributed by atoms with Gasteiger partial charge in [-0.25, -0.2) is 9.59 Å². The summed E-state index contributed by atoms with van der Waals surface area (Å²) < 4.78 is 5.26. The molecule has 0 radical (unpaired) electrons. The highest BCUT2D eigenvalue weighted by atomic mass is 16.6. The van der Waals surface area contributed by atoms with E-state index in [1.807, 2.05) is 25.1 Å². The van der Waals surface area contributed by atoms with Gasteiger partial charge in [-0.3, -0.25) is 0 Å². The van der Waals surface area contributed by atoms with Gasteiger partial charge >= 0.3 is 12.1 Å². The van der Waals surface area contributed by atoms with Crippen molar-refractivity contribution in [1.29, 1.82) is 0 Å². The molecule has 0 bridgehead atoms. The molecule has 0 aromatic heterocycles. The first-order chi connectivity index (χ1) is 11.6. The van der Waals surface area contributed by atoms with E-state index in [1.165, 1.54) is 5.56 Å². The molecule has 24 heavy (non-hydrogen) atoms. The van der Waals surface area contributed by atoms with Crippen LogP contribution in [0.5, 0.6) is 0 Å². The summed E-state index contributed by atoms with van der Waals surface area (Å²) in [7, 11) is 0. The molecule has 2 atom stereocenters. The summed E-state index contributed by atoms with van der Waals surface area (Å²) in [5.74, 6) is -0.896. The van der Waals surface area contributed by atoms with Crippen molar-refractivity contribution in [3.05, 3.63) is 35.9 Å². The lowest BCUT2D eigenvalue weighted by atomic mass is 9.95. The minimum absolute atomic E-state index is 0.167. The molecule has 0 spiro atoms. The van der Waals surface area contributed by atoms with Crippen LogP contribution in [0.15, 0.2) is 30.3 Å². The molecule has 5 heteroatoms. The monoisotopic (exact) mass is 333 g/mol. The second kappa shape index (κ2) is 9.30. The second-order valence-electron chi connectivity index (χ2n) is 6.62. The third-order valence-corrected chi connectivity index (χ3v) is 4.52. The van der Waals surface area contributed by atoms with Crippen LogP contribution < -0.4 is 0 Å². The molecule has 1 heterocycles. The number of hydrogen-bond donors (Lipinski definition) is 1. The predicted octanol–water partition coefficient (Wildman–Crippen LogP) is 3.72. The van der Waals surface area contributed by atoms with Gasteiger partial charge in [0.2, 0.25) is 6.10 Å². The fourth-order valence-electron chi connectivity index (χ4n) is 3.01. The van der Waals surface area contributed by atoms with Crippen LogP contribution in [-0.4, -0.2) is 41.3 Å². The number of carbonyl (C=O) groups is 2. The zero-order valence-electron chi connectivity index (χ0n) is 14.3. The fraction of sp³-hybridized carbons (Fsp3) is 0.579. The highest BCUT2D eigenvalue weighted by Crippen LogP contribution is 2.18. The number of nitrogens with zero attached hydrogens (tertiary/aromatic N) is 1. The lowest BCUT2D eigenvalue weighted by Gasteiger charge is -2.28. The van der Waals surface area contributed by atoms with Crippen LogP contribution in [-0.2, 0) is 16.0 Å². The normalized spacial score (nSPS) is 17.1. The number of piperidine rings is 1. The van der Waals surface area contributed by atoms with Crippen molar-refractivity contribution in [3.8, 4) is 0 Å². The maximum Gasteiger partial charge on any atom is 0.410 e. The largest absolute Gasteiger partial charge is 0.479 e. The van der Waals surface area contributed by atoms with E-state index >= 15 is 0 Å². The van der Waals surface area contributed by atoms with E-state index < -0.39 is 18.2 Å². The standard InChI is InChI=1S/C19H27NO4/c1-15(10-11-16-8-4-2-5-9-16)14-17(18(21)22)24-19(23)20-12-6-3-7-13-20/h2,4-5,8-9,15,17H,3,6-7,10-14H2,1H3,(H,21,22)/t15?,17-/m0/s1. The van der Waals surface area contributed by atoms with E-state index in [-0.39, 0.29) is 5.92 Å². The number of ether oxygens (including phenoxy) is 1. The molecule has 1 aliphatic heterocycles. The summed E-state index contributed by atoms with van der Waals surface area (Å²) in [6, 6.07) is 10.1. The van der Waals surface area contributed by atoms with E-state index in [0.29, 0.717) is 19.5 Å². The Hall–Kier alpha value is -2.04. The molecule has 1 fully saturated rings. The number of likely N-dealkylation sites (tertiary alicyclic amines) is 1. The number of rotatable bonds is 7. The van der Waals surface area contributed by atoms with Crippen molar-refractivity contribution in [2.75, 3.05) is 13.1 Å². The summed E-state index contributed by atoms with van der Waals surface area (Å²) in [6.07, 6.45) is 3.59. The Labute approximate surface area is 143 Å². The first-order valence-electron chi connectivity index (χ1n) is 8.78. The number of amides is 1. The topological polar surface area (TPSA) is 66.8 Å². The number of carboxylic acid groups (broad SMARTS) is 1. The first-order valence-corrected chi connectivity index (χ1v) is 8.78. The van der Waals surface area contributed by atoms with Crippen molar-refractivity contribution in [1.82, 2.24) is 4.90 Å². The van der Waals surface area contributed by atoms with Crippen molar-refractivity contribution >= 4 is 12.1 Å². The van der Waals surface area contributed by atoms with Crippen LogP contribution in [0.25, 0.3) is 0 Å². The molecule has 0 saturated carbocycles. The van der Waals surface area contributed by atoms with Gasteiger partial charge in [-0.1, -0.05) is 37.3 Å². The van der Waals surface area contributed by atoms with Crippen LogP contribution in [0, 0.1) is 5.92 Å². The summed E-state index contributed by atoms with van der Waals surface area (Å²) in [5.41, 5.74) is 1.24. The molecule has 1 aromatic rings. The Kier molecular flexibility index (Phi) is 7.09. The smallest absolute Gasteiger partial charge is 0.410 e. The van der Waals surface area contributed by atoms with Crippen molar-refractivity contribution in [2.24, 2.45) is 5.92 Å². The van der Waals surface area contributed by atoms with Crippen LogP contribution >= 0.6 is 0 Å². The summed E-state index contributed by atoms with van der Waals surface area (Å²) >= 11 is 0. The number of aryl methyl sites for hydroxylation is 1. The minimum atomic E-state index is -1.06. The summed E-state index contributed by atoms with van der Waals surface area (Å²) in [6.45, 7) is 3.33. The number of benzene rings is 1. The fourth-order valence-corrected chi connectivity index (χ4v) is 3.01. The zero-order chi connectivity index (χ0) is 17.4. The molecule has 1 N–H and O–H groups in total.